The summed E-state index contributed by atoms with van der Waals surface area (Å²) in [5.74, 6) is 0.386. The molecule has 1 aromatic rings. The highest BCUT2D eigenvalue weighted by Crippen LogP contribution is 2.41. The number of carbonyl (C=O) groups is 2. The Morgan fingerprint density at radius 3 is 2.68 bits per heavy atom. The van der Waals surface area contributed by atoms with E-state index in [4.69, 9.17) is 4.74 Å². The van der Waals surface area contributed by atoms with Gasteiger partial charge < -0.3 is 10.1 Å². The van der Waals surface area contributed by atoms with Gasteiger partial charge in [-0.05, 0) is 43.6 Å². The number of anilines is 1. The zero-order chi connectivity index (χ0) is 18.4. The molecular formula is C20H31NO3S. The van der Waals surface area contributed by atoms with Gasteiger partial charge in [0.05, 0.1) is 12.7 Å². The van der Waals surface area contributed by atoms with E-state index in [1.807, 2.05) is 6.92 Å². The molecule has 0 saturated heterocycles. The number of unbranched alkanes of at least 4 members (excludes halogenated alkanes) is 1. The van der Waals surface area contributed by atoms with Crippen molar-refractivity contribution in [1.29, 1.82) is 0 Å². The van der Waals surface area contributed by atoms with E-state index in [0.717, 1.165) is 56.9 Å². The van der Waals surface area contributed by atoms with Gasteiger partial charge in [-0.3, -0.25) is 4.79 Å². The number of fused-ring (bicyclic) bond motifs is 1. The highest BCUT2D eigenvalue weighted by Gasteiger charge is 2.30. The van der Waals surface area contributed by atoms with Crippen LogP contribution >= 0.6 is 11.3 Å². The summed E-state index contributed by atoms with van der Waals surface area (Å²) in [6.45, 7) is 6.40. The maximum Gasteiger partial charge on any atom is 0.341 e. The molecule has 0 aliphatic heterocycles. The maximum atomic E-state index is 12.7. The van der Waals surface area contributed by atoms with Crippen molar-refractivity contribution in [3.63, 3.8) is 0 Å². The number of esters is 1. The Morgan fingerprint density at radius 1 is 1.32 bits per heavy atom. The summed E-state index contributed by atoms with van der Waals surface area (Å²) >= 11 is 1.57. The number of ether oxygens (including phenoxy) is 1. The van der Waals surface area contributed by atoms with Crippen LogP contribution in [-0.4, -0.2) is 19.0 Å². The van der Waals surface area contributed by atoms with E-state index < -0.39 is 0 Å². The molecule has 140 valence electrons. The van der Waals surface area contributed by atoms with E-state index in [0.29, 0.717) is 16.5 Å². The Labute approximate surface area is 155 Å². The monoisotopic (exact) mass is 365 g/mol. The quantitative estimate of drug-likeness (QED) is 0.644. The lowest BCUT2D eigenvalue weighted by Crippen LogP contribution is -2.23. The van der Waals surface area contributed by atoms with Crippen molar-refractivity contribution < 1.29 is 14.3 Å². The van der Waals surface area contributed by atoms with Gasteiger partial charge in [0.25, 0.3) is 0 Å². The minimum Gasteiger partial charge on any atom is -0.465 e. The third-order valence-corrected chi connectivity index (χ3v) is 6.51. The largest absolute Gasteiger partial charge is 0.465 e. The second kappa shape index (κ2) is 9.37. The van der Waals surface area contributed by atoms with Gasteiger partial charge in [0.2, 0.25) is 5.91 Å². The molecule has 0 aromatic carbocycles. The molecule has 1 heterocycles. The number of rotatable bonds is 8. The van der Waals surface area contributed by atoms with Crippen LogP contribution in [0.15, 0.2) is 0 Å². The molecule has 1 N–H and O–H groups in total. The first kappa shape index (κ1) is 20.0. The number of amides is 1. The van der Waals surface area contributed by atoms with E-state index in [-0.39, 0.29) is 17.8 Å². The standard InChI is InChI=1S/C20H31NO3S/c1-5-8-9-14(7-3)18(22)21-19-17(20(23)24-4)15-11-10-13(6-2)12-16(15)25-19/h13-14H,5-12H2,1-4H3,(H,21,22)/t13-,14+/m1/s1. The maximum absolute atomic E-state index is 12.7. The lowest BCUT2D eigenvalue weighted by molar-refractivity contribution is -0.120. The van der Waals surface area contributed by atoms with Crippen LogP contribution in [0.25, 0.3) is 0 Å². The number of thiophene rings is 1. The molecule has 0 saturated carbocycles. The summed E-state index contributed by atoms with van der Waals surface area (Å²) < 4.78 is 5.00. The molecule has 0 bridgehead atoms. The van der Waals surface area contributed by atoms with E-state index in [1.54, 1.807) is 11.3 Å². The van der Waals surface area contributed by atoms with E-state index >= 15 is 0 Å². The van der Waals surface area contributed by atoms with Crippen molar-refractivity contribution in [3.05, 3.63) is 16.0 Å². The highest BCUT2D eigenvalue weighted by molar-refractivity contribution is 7.17. The molecular weight excluding hydrogens is 334 g/mol. The van der Waals surface area contributed by atoms with Crippen LogP contribution in [-0.2, 0) is 22.4 Å². The van der Waals surface area contributed by atoms with Crippen molar-refractivity contribution in [2.45, 2.75) is 72.1 Å². The van der Waals surface area contributed by atoms with Crippen LogP contribution in [0.2, 0.25) is 0 Å². The Balaban J connectivity index is 2.26. The number of nitrogens with one attached hydrogen (secondary N) is 1. The van der Waals surface area contributed by atoms with Gasteiger partial charge in [0, 0.05) is 10.8 Å². The first-order valence-electron chi connectivity index (χ1n) is 9.59. The Morgan fingerprint density at radius 2 is 2.08 bits per heavy atom. The number of carbonyl (C=O) groups excluding carboxylic acids is 2. The van der Waals surface area contributed by atoms with Crippen LogP contribution in [0.5, 0.6) is 0 Å². The number of hydrogen-bond donors (Lipinski definition) is 1. The second-order valence-electron chi connectivity index (χ2n) is 6.95. The van der Waals surface area contributed by atoms with Crippen molar-refractivity contribution in [1.82, 2.24) is 0 Å². The number of methoxy groups -OCH3 is 1. The minimum absolute atomic E-state index is 0.00738. The summed E-state index contributed by atoms with van der Waals surface area (Å²) in [5, 5.41) is 3.74. The smallest absolute Gasteiger partial charge is 0.341 e. The van der Waals surface area contributed by atoms with Gasteiger partial charge in [-0.1, -0.05) is 40.0 Å². The molecule has 1 aliphatic rings. The molecule has 2 rings (SSSR count). The molecule has 1 aliphatic carbocycles. The molecule has 25 heavy (non-hydrogen) atoms. The Kier molecular flexibility index (Phi) is 7.48. The fourth-order valence-corrected chi connectivity index (χ4v) is 4.95. The van der Waals surface area contributed by atoms with E-state index in [1.165, 1.54) is 12.0 Å². The predicted octanol–water partition coefficient (Wildman–Crippen LogP) is 5.20. The molecule has 0 spiro atoms. The van der Waals surface area contributed by atoms with Crippen molar-refractivity contribution >= 4 is 28.2 Å². The molecule has 0 fully saturated rings. The molecule has 4 nitrogen and oxygen atoms in total. The van der Waals surface area contributed by atoms with Gasteiger partial charge in [-0.25, -0.2) is 4.79 Å². The van der Waals surface area contributed by atoms with E-state index in [2.05, 4.69) is 19.2 Å². The zero-order valence-corrected chi connectivity index (χ0v) is 16.8. The van der Waals surface area contributed by atoms with Crippen molar-refractivity contribution in [2.24, 2.45) is 11.8 Å². The fraction of sp³-hybridized carbons (Fsp3) is 0.700. The molecule has 5 heteroatoms. The van der Waals surface area contributed by atoms with Gasteiger partial charge in [0.15, 0.2) is 0 Å². The van der Waals surface area contributed by atoms with Crippen molar-refractivity contribution in [2.75, 3.05) is 12.4 Å². The topological polar surface area (TPSA) is 55.4 Å². The molecule has 0 radical (unpaired) electrons. The molecule has 0 unspecified atom stereocenters. The van der Waals surface area contributed by atoms with Crippen LogP contribution in [0, 0.1) is 11.8 Å². The van der Waals surface area contributed by atoms with Crippen LogP contribution in [0.1, 0.15) is 80.1 Å². The predicted molar refractivity (Wildman–Crippen MR) is 103 cm³/mol. The molecule has 2 atom stereocenters. The summed E-state index contributed by atoms with van der Waals surface area (Å²) in [5.41, 5.74) is 1.69. The van der Waals surface area contributed by atoms with Crippen LogP contribution in [0.3, 0.4) is 0 Å². The summed E-state index contributed by atoms with van der Waals surface area (Å²) in [6.07, 6.45) is 8.02. The fourth-order valence-electron chi connectivity index (χ4n) is 3.59. The van der Waals surface area contributed by atoms with Crippen LogP contribution in [0.4, 0.5) is 5.00 Å². The van der Waals surface area contributed by atoms with Gasteiger partial charge in [-0.2, -0.15) is 0 Å². The van der Waals surface area contributed by atoms with Gasteiger partial charge >= 0.3 is 5.97 Å². The normalized spacial score (nSPS) is 17.7. The first-order chi connectivity index (χ1) is 12.0. The van der Waals surface area contributed by atoms with Crippen LogP contribution < -0.4 is 5.32 Å². The third-order valence-electron chi connectivity index (χ3n) is 5.34. The van der Waals surface area contributed by atoms with E-state index in [9.17, 15) is 9.59 Å². The second-order valence-corrected chi connectivity index (χ2v) is 8.06. The first-order valence-corrected chi connectivity index (χ1v) is 10.4. The third kappa shape index (κ3) is 4.63. The average molecular weight is 366 g/mol. The molecule has 1 aromatic heterocycles. The lowest BCUT2D eigenvalue weighted by Gasteiger charge is -2.20. The summed E-state index contributed by atoms with van der Waals surface area (Å²) in [4.78, 5) is 26.3. The average Bonchev–Trinajstić information content (AvgIpc) is 2.98. The van der Waals surface area contributed by atoms with Gasteiger partial charge in [0.1, 0.15) is 5.00 Å². The van der Waals surface area contributed by atoms with Crippen molar-refractivity contribution in [3.8, 4) is 0 Å². The minimum atomic E-state index is -0.329. The summed E-state index contributed by atoms with van der Waals surface area (Å²) in [7, 11) is 1.41. The Bertz CT molecular complexity index is 608. The summed E-state index contributed by atoms with van der Waals surface area (Å²) in [6, 6.07) is 0. The highest BCUT2D eigenvalue weighted by atomic mass is 32.1. The zero-order valence-electron chi connectivity index (χ0n) is 15.9. The Hall–Kier alpha value is -1.36. The lowest BCUT2D eigenvalue weighted by atomic mass is 9.85. The number of hydrogen-bond acceptors (Lipinski definition) is 4. The SMILES string of the molecule is CCCC[C@H](CC)C(=O)Nc1sc2c(c1C(=O)OC)CC[C@@H](CC)C2. The molecule has 1 amide bonds. The van der Waals surface area contributed by atoms with Gasteiger partial charge in [-0.15, -0.1) is 11.3 Å².